The number of pyridine rings is 2. The van der Waals surface area contributed by atoms with Crippen LogP contribution in [0.4, 0.5) is 5.82 Å². The Kier molecular flexibility index (Phi) is 7.10. The monoisotopic (exact) mass is 430 g/mol. The van der Waals surface area contributed by atoms with Crippen molar-refractivity contribution in [3.05, 3.63) is 65.5 Å². The van der Waals surface area contributed by atoms with Crippen LogP contribution in [-0.4, -0.2) is 28.2 Å². The zero-order valence-electron chi connectivity index (χ0n) is 18.6. The first kappa shape index (κ1) is 21.9. The lowest BCUT2D eigenvalue weighted by molar-refractivity contribution is -0.122. The average molecular weight is 431 g/mol. The molecule has 6 heteroatoms. The fourth-order valence-corrected chi connectivity index (χ4v) is 4.18. The molecule has 1 atom stereocenters. The van der Waals surface area contributed by atoms with Crippen molar-refractivity contribution in [3.8, 4) is 0 Å². The van der Waals surface area contributed by atoms with Gasteiger partial charge in [0.15, 0.2) is 0 Å². The molecule has 0 bridgehead atoms. The van der Waals surface area contributed by atoms with Crippen LogP contribution < -0.4 is 10.6 Å². The third kappa shape index (κ3) is 5.69. The highest BCUT2D eigenvalue weighted by Crippen LogP contribution is 2.22. The number of aromatic nitrogens is 2. The van der Waals surface area contributed by atoms with Gasteiger partial charge >= 0.3 is 0 Å². The normalized spacial score (nSPS) is 13.8. The third-order valence-corrected chi connectivity index (χ3v) is 5.88. The lowest BCUT2D eigenvalue weighted by atomic mass is 10.0. The lowest BCUT2D eigenvalue weighted by Crippen LogP contribution is -2.29. The van der Waals surface area contributed by atoms with Gasteiger partial charge in [0.25, 0.3) is 0 Å². The summed E-state index contributed by atoms with van der Waals surface area (Å²) in [5.74, 6) is 1.02. The number of Topliss-reactive ketones (excluding diaryl/α,β-unsaturated/α-hetero) is 1. The number of aryl methyl sites for hydroxylation is 2. The van der Waals surface area contributed by atoms with E-state index < -0.39 is 0 Å². The van der Waals surface area contributed by atoms with Crippen molar-refractivity contribution < 1.29 is 9.59 Å². The van der Waals surface area contributed by atoms with Gasteiger partial charge in [-0.15, -0.1) is 0 Å². The summed E-state index contributed by atoms with van der Waals surface area (Å²) in [7, 11) is 0. The smallest absolute Gasteiger partial charge is 0.220 e. The fourth-order valence-electron chi connectivity index (χ4n) is 4.18. The topological polar surface area (TPSA) is 84.0 Å². The molecule has 0 aliphatic carbocycles. The summed E-state index contributed by atoms with van der Waals surface area (Å²) in [6.45, 7) is 2.53. The predicted molar refractivity (Wildman–Crippen MR) is 127 cm³/mol. The Labute approximate surface area is 188 Å². The van der Waals surface area contributed by atoms with Crippen molar-refractivity contribution in [1.82, 2.24) is 15.3 Å². The van der Waals surface area contributed by atoms with Crippen LogP contribution in [0.25, 0.3) is 10.9 Å². The molecule has 2 aromatic heterocycles. The van der Waals surface area contributed by atoms with Crippen molar-refractivity contribution >= 4 is 28.4 Å². The molecule has 0 saturated heterocycles. The van der Waals surface area contributed by atoms with Crippen LogP contribution in [0.2, 0.25) is 0 Å². The van der Waals surface area contributed by atoms with E-state index in [9.17, 15) is 9.59 Å². The van der Waals surface area contributed by atoms with E-state index in [0.29, 0.717) is 6.42 Å². The molecule has 166 valence electrons. The van der Waals surface area contributed by atoms with E-state index in [2.05, 4.69) is 27.8 Å². The number of unbranched alkanes of at least 4 members (excludes halogenated alkanes) is 1. The molecular formula is C26H30N4O2. The van der Waals surface area contributed by atoms with Crippen molar-refractivity contribution in [1.29, 1.82) is 0 Å². The van der Waals surface area contributed by atoms with Gasteiger partial charge in [-0.05, 0) is 68.4 Å². The van der Waals surface area contributed by atoms with Gasteiger partial charge in [0.2, 0.25) is 5.91 Å². The van der Waals surface area contributed by atoms with Gasteiger partial charge in [-0.25, -0.2) is 4.98 Å². The number of fused-ring (bicyclic) bond motifs is 2. The number of nitrogens with one attached hydrogen (secondary N) is 2. The molecule has 0 fully saturated rings. The molecule has 1 aliphatic heterocycles. The molecule has 0 radical (unpaired) electrons. The van der Waals surface area contributed by atoms with Gasteiger partial charge in [0.05, 0.1) is 11.6 Å². The molecule has 1 amide bonds. The van der Waals surface area contributed by atoms with Gasteiger partial charge < -0.3 is 10.6 Å². The zero-order chi connectivity index (χ0) is 22.3. The number of amides is 1. The Morgan fingerprint density at radius 2 is 2.03 bits per heavy atom. The Morgan fingerprint density at radius 1 is 1.16 bits per heavy atom. The standard InChI is InChI=1S/C26H30N4O2/c1-18(31)15-24(21-16-20-7-2-4-10-23(20)28-17-21)30-25(32)11-5-3-9-22-13-12-19-8-6-14-27-26(19)29-22/h2,4,7,10,12-13,16-17,24H,3,5-6,8-9,11,14-15H2,1H3,(H,27,29)(H,30,32)/t24-/m0/s1. The van der Waals surface area contributed by atoms with Crippen LogP contribution in [0.15, 0.2) is 48.7 Å². The van der Waals surface area contributed by atoms with E-state index in [4.69, 9.17) is 4.98 Å². The second-order valence-electron chi connectivity index (χ2n) is 8.54. The summed E-state index contributed by atoms with van der Waals surface area (Å²) in [5, 5.41) is 7.41. The number of ketones is 1. The molecular weight excluding hydrogens is 400 g/mol. The summed E-state index contributed by atoms with van der Waals surface area (Å²) in [5.41, 5.74) is 4.11. The quantitative estimate of drug-likeness (QED) is 0.487. The maximum Gasteiger partial charge on any atom is 0.220 e. The third-order valence-electron chi connectivity index (χ3n) is 5.88. The van der Waals surface area contributed by atoms with Gasteiger partial charge in [0, 0.05) is 36.7 Å². The number of carbonyl (C=O) groups excluding carboxylic acids is 2. The molecule has 6 nitrogen and oxygen atoms in total. The zero-order valence-corrected chi connectivity index (χ0v) is 18.6. The van der Waals surface area contributed by atoms with Gasteiger partial charge in [-0.3, -0.25) is 14.6 Å². The number of anilines is 1. The number of nitrogens with zero attached hydrogens (tertiary/aromatic N) is 2. The average Bonchev–Trinajstić information content (AvgIpc) is 2.80. The molecule has 32 heavy (non-hydrogen) atoms. The Bertz CT molecular complexity index is 1110. The number of hydrogen-bond acceptors (Lipinski definition) is 5. The largest absolute Gasteiger partial charge is 0.370 e. The van der Waals surface area contributed by atoms with Crippen LogP contribution in [0.1, 0.15) is 61.9 Å². The highest BCUT2D eigenvalue weighted by atomic mass is 16.1. The summed E-state index contributed by atoms with van der Waals surface area (Å²) in [6.07, 6.45) is 7.22. The molecule has 1 aromatic carbocycles. The van der Waals surface area contributed by atoms with E-state index in [1.165, 1.54) is 5.56 Å². The van der Waals surface area contributed by atoms with Crippen molar-refractivity contribution in [2.75, 3.05) is 11.9 Å². The SMILES string of the molecule is CC(=O)C[C@H](NC(=O)CCCCc1ccc2c(n1)NCCC2)c1cnc2ccccc2c1. The molecule has 3 heterocycles. The molecule has 0 saturated carbocycles. The second-order valence-corrected chi connectivity index (χ2v) is 8.54. The number of carbonyl (C=O) groups is 2. The van der Waals surface area contributed by atoms with E-state index in [-0.39, 0.29) is 24.2 Å². The van der Waals surface area contributed by atoms with Crippen molar-refractivity contribution in [3.63, 3.8) is 0 Å². The van der Waals surface area contributed by atoms with Gasteiger partial charge in [-0.1, -0.05) is 24.3 Å². The first-order valence-electron chi connectivity index (χ1n) is 11.4. The molecule has 3 aromatic rings. The number of hydrogen-bond donors (Lipinski definition) is 2. The maximum absolute atomic E-state index is 12.6. The lowest BCUT2D eigenvalue weighted by Gasteiger charge is -2.18. The molecule has 4 rings (SSSR count). The van der Waals surface area contributed by atoms with Gasteiger partial charge in [-0.2, -0.15) is 0 Å². The molecule has 0 spiro atoms. The molecule has 1 aliphatic rings. The molecule has 2 N–H and O–H groups in total. The van der Waals surface area contributed by atoms with Gasteiger partial charge in [0.1, 0.15) is 11.6 Å². The first-order chi connectivity index (χ1) is 15.6. The first-order valence-corrected chi connectivity index (χ1v) is 11.4. The van der Waals surface area contributed by atoms with E-state index in [0.717, 1.165) is 66.6 Å². The minimum atomic E-state index is -0.356. The number of rotatable bonds is 9. The van der Waals surface area contributed by atoms with Crippen LogP contribution in [-0.2, 0) is 22.4 Å². The predicted octanol–water partition coefficient (Wildman–Crippen LogP) is 4.54. The summed E-state index contributed by atoms with van der Waals surface area (Å²) >= 11 is 0. The highest BCUT2D eigenvalue weighted by Gasteiger charge is 2.17. The van der Waals surface area contributed by atoms with E-state index in [1.807, 2.05) is 30.3 Å². The Balaban J connectivity index is 1.30. The minimum Gasteiger partial charge on any atom is -0.370 e. The minimum absolute atomic E-state index is 0.0375. The van der Waals surface area contributed by atoms with Crippen LogP contribution in [0, 0.1) is 0 Å². The van der Waals surface area contributed by atoms with Crippen LogP contribution in [0.3, 0.4) is 0 Å². The number of para-hydroxylation sites is 1. The van der Waals surface area contributed by atoms with E-state index in [1.54, 1.807) is 13.1 Å². The fraction of sp³-hybridized carbons (Fsp3) is 0.385. The Morgan fingerprint density at radius 3 is 2.91 bits per heavy atom. The van der Waals surface area contributed by atoms with Crippen LogP contribution >= 0.6 is 0 Å². The molecule has 0 unspecified atom stereocenters. The summed E-state index contributed by atoms with van der Waals surface area (Å²) < 4.78 is 0. The summed E-state index contributed by atoms with van der Waals surface area (Å²) in [4.78, 5) is 33.6. The maximum atomic E-state index is 12.6. The summed E-state index contributed by atoms with van der Waals surface area (Å²) in [6, 6.07) is 13.8. The van der Waals surface area contributed by atoms with Crippen molar-refractivity contribution in [2.24, 2.45) is 0 Å². The Hall–Kier alpha value is -3.28. The highest BCUT2D eigenvalue weighted by molar-refractivity contribution is 5.82. The number of benzene rings is 1. The second kappa shape index (κ2) is 10.4. The van der Waals surface area contributed by atoms with Crippen molar-refractivity contribution in [2.45, 2.75) is 57.9 Å². The van der Waals surface area contributed by atoms with E-state index >= 15 is 0 Å². The van der Waals surface area contributed by atoms with Crippen LogP contribution in [0.5, 0.6) is 0 Å².